The average molecular weight is 227 g/mol. The molecule has 0 radical (unpaired) electrons. The van der Waals surface area contributed by atoms with Crippen LogP contribution in [0.25, 0.3) is 0 Å². The lowest BCUT2D eigenvalue weighted by Crippen LogP contribution is -2.30. The van der Waals surface area contributed by atoms with Gasteiger partial charge < -0.3 is 11.1 Å². The van der Waals surface area contributed by atoms with Gasteiger partial charge in [0.25, 0.3) is 0 Å². The van der Waals surface area contributed by atoms with E-state index < -0.39 is 0 Å². The summed E-state index contributed by atoms with van der Waals surface area (Å²) in [7, 11) is 0. The Labute approximate surface area is 96.8 Å². The molecule has 1 rings (SSSR count). The van der Waals surface area contributed by atoms with E-state index >= 15 is 0 Å². The molecule has 1 unspecified atom stereocenters. The normalized spacial score (nSPS) is 13.1. The van der Waals surface area contributed by atoms with Gasteiger partial charge in [-0.3, -0.25) is 0 Å². The molecular weight excluding hydrogens is 208 g/mol. The SMILES string of the molecule is CC(C)CNC(CN)c1ccc(Cl)cc1. The summed E-state index contributed by atoms with van der Waals surface area (Å²) in [5, 5.41) is 4.20. The molecule has 84 valence electrons. The molecule has 0 bridgehead atoms. The second-order valence-corrected chi connectivity index (χ2v) is 4.58. The standard InChI is InChI=1S/C12H19ClN2/c1-9(2)8-15-12(7-14)10-3-5-11(13)6-4-10/h3-6,9,12,15H,7-8,14H2,1-2H3. The highest BCUT2D eigenvalue weighted by molar-refractivity contribution is 6.30. The Morgan fingerprint density at radius 2 is 1.87 bits per heavy atom. The maximum absolute atomic E-state index is 5.84. The van der Waals surface area contributed by atoms with Crippen molar-refractivity contribution in [2.24, 2.45) is 11.7 Å². The third kappa shape index (κ3) is 4.20. The van der Waals surface area contributed by atoms with Crippen LogP contribution < -0.4 is 11.1 Å². The Bertz CT molecular complexity index is 282. The molecule has 0 spiro atoms. The van der Waals surface area contributed by atoms with Gasteiger partial charge in [-0.05, 0) is 30.2 Å². The van der Waals surface area contributed by atoms with Gasteiger partial charge in [0.1, 0.15) is 0 Å². The van der Waals surface area contributed by atoms with Crippen molar-refractivity contribution in [2.75, 3.05) is 13.1 Å². The van der Waals surface area contributed by atoms with Crippen LogP contribution in [0, 0.1) is 5.92 Å². The van der Waals surface area contributed by atoms with Crippen LogP contribution in [0.1, 0.15) is 25.5 Å². The lowest BCUT2D eigenvalue weighted by atomic mass is 10.1. The fourth-order valence-electron chi connectivity index (χ4n) is 1.41. The molecule has 0 amide bonds. The van der Waals surface area contributed by atoms with E-state index in [0.717, 1.165) is 11.6 Å². The maximum atomic E-state index is 5.84. The average Bonchev–Trinajstić information content (AvgIpc) is 2.21. The number of nitrogens with one attached hydrogen (secondary N) is 1. The highest BCUT2D eigenvalue weighted by atomic mass is 35.5. The minimum Gasteiger partial charge on any atom is -0.329 e. The van der Waals surface area contributed by atoms with Crippen molar-refractivity contribution in [1.82, 2.24) is 5.32 Å². The third-order valence-corrected chi connectivity index (χ3v) is 2.53. The van der Waals surface area contributed by atoms with Crippen LogP contribution in [0.3, 0.4) is 0 Å². The number of rotatable bonds is 5. The van der Waals surface area contributed by atoms with E-state index in [1.165, 1.54) is 5.56 Å². The number of nitrogens with two attached hydrogens (primary N) is 1. The molecule has 0 heterocycles. The first kappa shape index (κ1) is 12.5. The fraction of sp³-hybridized carbons (Fsp3) is 0.500. The maximum Gasteiger partial charge on any atom is 0.0444 e. The zero-order valence-corrected chi connectivity index (χ0v) is 10.1. The molecular formula is C12H19ClN2. The number of benzene rings is 1. The highest BCUT2D eigenvalue weighted by Crippen LogP contribution is 2.15. The van der Waals surface area contributed by atoms with Gasteiger partial charge in [-0.25, -0.2) is 0 Å². The fourth-order valence-corrected chi connectivity index (χ4v) is 1.54. The van der Waals surface area contributed by atoms with Gasteiger partial charge in [-0.1, -0.05) is 37.6 Å². The lowest BCUT2D eigenvalue weighted by molar-refractivity contribution is 0.479. The first-order valence-electron chi connectivity index (χ1n) is 5.32. The quantitative estimate of drug-likeness (QED) is 0.810. The largest absolute Gasteiger partial charge is 0.329 e. The Morgan fingerprint density at radius 1 is 1.27 bits per heavy atom. The summed E-state index contributed by atoms with van der Waals surface area (Å²) in [6.45, 7) is 5.95. The molecule has 0 aliphatic rings. The van der Waals surface area contributed by atoms with E-state index in [-0.39, 0.29) is 6.04 Å². The molecule has 0 saturated carbocycles. The number of hydrogen-bond acceptors (Lipinski definition) is 2. The monoisotopic (exact) mass is 226 g/mol. The lowest BCUT2D eigenvalue weighted by Gasteiger charge is -2.18. The van der Waals surface area contributed by atoms with Crippen molar-refractivity contribution in [3.8, 4) is 0 Å². The topological polar surface area (TPSA) is 38.0 Å². The Balaban J connectivity index is 2.61. The summed E-state index contributed by atoms with van der Waals surface area (Å²) in [5.41, 5.74) is 6.93. The Morgan fingerprint density at radius 3 is 2.33 bits per heavy atom. The zero-order valence-electron chi connectivity index (χ0n) is 9.33. The predicted molar refractivity (Wildman–Crippen MR) is 66.1 cm³/mol. The molecule has 0 aliphatic carbocycles. The molecule has 0 aliphatic heterocycles. The van der Waals surface area contributed by atoms with E-state index in [4.69, 9.17) is 17.3 Å². The van der Waals surface area contributed by atoms with Crippen molar-refractivity contribution in [2.45, 2.75) is 19.9 Å². The molecule has 15 heavy (non-hydrogen) atoms. The molecule has 0 saturated heterocycles. The molecule has 3 heteroatoms. The summed E-state index contributed by atoms with van der Waals surface area (Å²) in [6.07, 6.45) is 0. The Kier molecular flexibility index (Phi) is 5.09. The molecule has 1 atom stereocenters. The number of hydrogen-bond donors (Lipinski definition) is 2. The van der Waals surface area contributed by atoms with Gasteiger partial charge in [0, 0.05) is 17.6 Å². The van der Waals surface area contributed by atoms with E-state index in [0.29, 0.717) is 12.5 Å². The highest BCUT2D eigenvalue weighted by Gasteiger charge is 2.08. The second kappa shape index (κ2) is 6.11. The van der Waals surface area contributed by atoms with Gasteiger partial charge in [-0.15, -0.1) is 0 Å². The summed E-state index contributed by atoms with van der Waals surface area (Å²) < 4.78 is 0. The van der Waals surface area contributed by atoms with Gasteiger partial charge in [0.05, 0.1) is 0 Å². The van der Waals surface area contributed by atoms with Crippen LogP contribution in [0.4, 0.5) is 0 Å². The van der Waals surface area contributed by atoms with Gasteiger partial charge >= 0.3 is 0 Å². The molecule has 1 aromatic rings. The summed E-state index contributed by atoms with van der Waals surface area (Å²) in [5.74, 6) is 0.631. The summed E-state index contributed by atoms with van der Waals surface area (Å²) in [6, 6.07) is 8.07. The molecule has 0 fully saturated rings. The van der Waals surface area contributed by atoms with E-state index in [1.807, 2.05) is 24.3 Å². The van der Waals surface area contributed by atoms with Crippen LogP contribution in [0.2, 0.25) is 5.02 Å². The molecule has 3 N–H and O–H groups in total. The minimum absolute atomic E-state index is 0.227. The van der Waals surface area contributed by atoms with E-state index in [9.17, 15) is 0 Å². The predicted octanol–water partition coefficient (Wildman–Crippen LogP) is 2.59. The summed E-state index contributed by atoms with van der Waals surface area (Å²) in [4.78, 5) is 0. The Hall–Kier alpha value is -0.570. The van der Waals surface area contributed by atoms with E-state index in [1.54, 1.807) is 0 Å². The first-order valence-corrected chi connectivity index (χ1v) is 5.70. The van der Waals surface area contributed by atoms with Gasteiger partial charge in [0.15, 0.2) is 0 Å². The van der Waals surface area contributed by atoms with Gasteiger partial charge in [0.2, 0.25) is 0 Å². The minimum atomic E-state index is 0.227. The van der Waals surface area contributed by atoms with Crippen LogP contribution in [-0.4, -0.2) is 13.1 Å². The second-order valence-electron chi connectivity index (χ2n) is 4.14. The van der Waals surface area contributed by atoms with Crippen molar-refractivity contribution in [1.29, 1.82) is 0 Å². The van der Waals surface area contributed by atoms with Crippen molar-refractivity contribution >= 4 is 11.6 Å². The van der Waals surface area contributed by atoms with Gasteiger partial charge in [-0.2, -0.15) is 0 Å². The molecule has 2 nitrogen and oxygen atoms in total. The summed E-state index contributed by atoms with van der Waals surface area (Å²) >= 11 is 5.84. The van der Waals surface area contributed by atoms with Crippen LogP contribution in [0.5, 0.6) is 0 Å². The van der Waals surface area contributed by atoms with Crippen molar-refractivity contribution in [3.05, 3.63) is 34.9 Å². The van der Waals surface area contributed by atoms with Crippen LogP contribution >= 0.6 is 11.6 Å². The third-order valence-electron chi connectivity index (χ3n) is 2.28. The molecule has 0 aromatic heterocycles. The van der Waals surface area contributed by atoms with Crippen molar-refractivity contribution in [3.63, 3.8) is 0 Å². The first-order chi connectivity index (χ1) is 7.13. The molecule has 1 aromatic carbocycles. The zero-order chi connectivity index (χ0) is 11.3. The number of halogens is 1. The smallest absolute Gasteiger partial charge is 0.0444 e. The van der Waals surface area contributed by atoms with Crippen molar-refractivity contribution < 1.29 is 0 Å². The van der Waals surface area contributed by atoms with E-state index in [2.05, 4.69) is 19.2 Å². The van der Waals surface area contributed by atoms with Crippen LogP contribution in [-0.2, 0) is 0 Å². The van der Waals surface area contributed by atoms with Crippen LogP contribution in [0.15, 0.2) is 24.3 Å².